The van der Waals surface area contributed by atoms with Gasteiger partial charge in [-0.2, -0.15) is 0 Å². The van der Waals surface area contributed by atoms with Gasteiger partial charge >= 0.3 is 0 Å². The number of hydrogen-bond donors (Lipinski definition) is 1. The van der Waals surface area contributed by atoms with Crippen molar-refractivity contribution in [1.29, 1.82) is 0 Å². The predicted octanol–water partition coefficient (Wildman–Crippen LogP) is 2.39. The van der Waals surface area contributed by atoms with Crippen molar-refractivity contribution >= 4 is 11.8 Å². The van der Waals surface area contributed by atoms with Crippen LogP contribution in [-0.2, 0) is 16.0 Å². The Morgan fingerprint density at radius 1 is 1.16 bits per heavy atom. The molecule has 1 N–H and O–H groups in total. The SMILES string of the molecule is CCc1ccccc1OC1CN(C(=O)[C@H]2CCCC[C@H]2C(=O)NC)C1. The number of amides is 2. The number of nitrogens with zero attached hydrogens (tertiary/aromatic N) is 1. The Morgan fingerprint density at radius 2 is 1.84 bits per heavy atom. The van der Waals surface area contributed by atoms with E-state index in [0.717, 1.165) is 37.9 Å². The van der Waals surface area contributed by atoms with Crippen molar-refractivity contribution in [3.8, 4) is 5.75 Å². The van der Waals surface area contributed by atoms with Crippen molar-refractivity contribution in [3.63, 3.8) is 0 Å². The van der Waals surface area contributed by atoms with Gasteiger partial charge in [0, 0.05) is 18.9 Å². The summed E-state index contributed by atoms with van der Waals surface area (Å²) in [7, 11) is 1.65. The second-order valence-electron chi connectivity index (χ2n) is 7.06. The summed E-state index contributed by atoms with van der Waals surface area (Å²) < 4.78 is 6.06. The largest absolute Gasteiger partial charge is 0.486 e. The maximum Gasteiger partial charge on any atom is 0.226 e. The van der Waals surface area contributed by atoms with E-state index in [4.69, 9.17) is 4.74 Å². The van der Waals surface area contributed by atoms with Gasteiger partial charge in [-0.3, -0.25) is 9.59 Å². The van der Waals surface area contributed by atoms with E-state index in [1.54, 1.807) is 7.05 Å². The van der Waals surface area contributed by atoms with Gasteiger partial charge in [-0.15, -0.1) is 0 Å². The van der Waals surface area contributed by atoms with E-state index in [1.807, 2.05) is 23.1 Å². The number of rotatable bonds is 5. The topological polar surface area (TPSA) is 58.6 Å². The summed E-state index contributed by atoms with van der Waals surface area (Å²) in [5.74, 6) is 0.702. The molecule has 0 bridgehead atoms. The molecular weight excluding hydrogens is 316 g/mol. The van der Waals surface area contributed by atoms with Crippen LogP contribution in [0.1, 0.15) is 38.2 Å². The average Bonchev–Trinajstić information content (AvgIpc) is 2.63. The molecule has 3 rings (SSSR count). The van der Waals surface area contributed by atoms with E-state index in [9.17, 15) is 9.59 Å². The molecule has 0 spiro atoms. The van der Waals surface area contributed by atoms with Crippen molar-refractivity contribution in [2.24, 2.45) is 11.8 Å². The molecule has 1 heterocycles. The van der Waals surface area contributed by atoms with E-state index < -0.39 is 0 Å². The molecule has 2 amide bonds. The molecule has 2 aliphatic rings. The molecule has 1 aromatic carbocycles. The normalized spacial score (nSPS) is 23.7. The smallest absolute Gasteiger partial charge is 0.226 e. The molecule has 0 unspecified atom stereocenters. The molecule has 2 atom stereocenters. The van der Waals surface area contributed by atoms with Crippen LogP contribution in [0.15, 0.2) is 24.3 Å². The molecule has 2 fully saturated rings. The van der Waals surface area contributed by atoms with Crippen LogP contribution in [-0.4, -0.2) is 43.0 Å². The Kier molecular flexibility index (Phi) is 5.61. The van der Waals surface area contributed by atoms with Gasteiger partial charge in [0.2, 0.25) is 11.8 Å². The summed E-state index contributed by atoms with van der Waals surface area (Å²) in [4.78, 5) is 26.8. The zero-order valence-corrected chi connectivity index (χ0v) is 15.2. The first kappa shape index (κ1) is 17.8. The molecule has 25 heavy (non-hydrogen) atoms. The number of hydrogen-bond acceptors (Lipinski definition) is 3. The Morgan fingerprint density at radius 3 is 2.52 bits per heavy atom. The van der Waals surface area contributed by atoms with Crippen LogP contribution >= 0.6 is 0 Å². The van der Waals surface area contributed by atoms with Gasteiger partial charge in [0.05, 0.1) is 13.1 Å². The number of carbonyl (C=O) groups excluding carboxylic acids is 2. The third-order valence-electron chi connectivity index (χ3n) is 5.47. The Bertz CT molecular complexity index is 625. The van der Waals surface area contributed by atoms with Crippen molar-refractivity contribution in [2.75, 3.05) is 20.1 Å². The Balaban J connectivity index is 1.56. The van der Waals surface area contributed by atoms with Gasteiger partial charge < -0.3 is 15.0 Å². The van der Waals surface area contributed by atoms with Crippen LogP contribution in [0.2, 0.25) is 0 Å². The highest BCUT2D eigenvalue weighted by molar-refractivity contribution is 5.88. The highest BCUT2D eigenvalue weighted by Gasteiger charge is 2.41. The van der Waals surface area contributed by atoms with Gasteiger partial charge in [-0.1, -0.05) is 38.0 Å². The third-order valence-corrected chi connectivity index (χ3v) is 5.47. The minimum atomic E-state index is -0.174. The zero-order chi connectivity index (χ0) is 17.8. The first-order chi connectivity index (χ1) is 12.1. The van der Waals surface area contributed by atoms with Crippen molar-refractivity contribution in [3.05, 3.63) is 29.8 Å². The van der Waals surface area contributed by atoms with E-state index in [1.165, 1.54) is 5.56 Å². The Labute approximate surface area is 149 Å². The summed E-state index contributed by atoms with van der Waals surface area (Å²) >= 11 is 0. The summed E-state index contributed by atoms with van der Waals surface area (Å²) in [6.45, 7) is 3.35. The van der Waals surface area contributed by atoms with Gasteiger partial charge in [-0.25, -0.2) is 0 Å². The second kappa shape index (κ2) is 7.89. The van der Waals surface area contributed by atoms with Crippen molar-refractivity contribution in [1.82, 2.24) is 10.2 Å². The number of benzene rings is 1. The van der Waals surface area contributed by atoms with E-state index in [0.29, 0.717) is 13.1 Å². The van der Waals surface area contributed by atoms with Crippen molar-refractivity contribution in [2.45, 2.75) is 45.1 Å². The average molecular weight is 344 g/mol. The standard InChI is InChI=1S/C20H28N2O3/c1-3-14-8-4-7-11-18(14)25-15-12-22(13-15)20(24)17-10-6-5-9-16(17)19(23)21-2/h4,7-8,11,15-17H,3,5-6,9-10,12-13H2,1-2H3,(H,21,23)/t16-,17+/m1/s1. The summed E-state index contributed by atoms with van der Waals surface area (Å²) in [6, 6.07) is 8.06. The first-order valence-corrected chi connectivity index (χ1v) is 9.39. The number of para-hydroxylation sites is 1. The minimum Gasteiger partial charge on any atom is -0.486 e. The highest BCUT2D eigenvalue weighted by Crippen LogP contribution is 2.33. The quantitative estimate of drug-likeness (QED) is 0.892. The molecule has 1 aliphatic heterocycles. The van der Waals surface area contributed by atoms with Gasteiger partial charge in [0.1, 0.15) is 11.9 Å². The van der Waals surface area contributed by atoms with Gasteiger partial charge in [-0.05, 0) is 30.9 Å². The first-order valence-electron chi connectivity index (χ1n) is 9.39. The van der Waals surface area contributed by atoms with Crippen LogP contribution in [0, 0.1) is 11.8 Å². The molecule has 136 valence electrons. The Hall–Kier alpha value is -2.04. The summed E-state index contributed by atoms with van der Waals surface area (Å²) in [5.41, 5.74) is 1.19. The van der Waals surface area contributed by atoms with Crippen LogP contribution in [0.4, 0.5) is 0 Å². The monoisotopic (exact) mass is 344 g/mol. The number of carbonyl (C=O) groups is 2. The highest BCUT2D eigenvalue weighted by atomic mass is 16.5. The minimum absolute atomic E-state index is 0.00301. The zero-order valence-electron chi connectivity index (χ0n) is 15.2. The number of aryl methyl sites for hydroxylation is 1. The third kappa shape index (κ3) is 3.80. The summed E-state index contributed by atoms with van der Waals surface area (Å²) in [5, 5.41) is 2.71. The summed E-state index contributed by atoms with van der Waals surface area (Å²) in [6.07, 6.45) is 4.68. The predicted molar refractivity (Wildman–Crippen MR) is 96.3 cm³/mol. The second-order valence-corrected chi connectivity index (χ2v) is 7.06. The molecule has 1 saturated carbocycles. The van der Waals surface area contributed by atoms with Gasteiger partial charge in [0.15, 0.2) is 0 Å². The van der Waals surface area contributed by atoms with Crippen LogP contribution < -0.4 is 10.1 Å². The fourth-order valence-electron chi connectivity index (χ4n) is 3.94. The number of nitrogens with one attached hydrogen (secondary N) is 1. The van der Waals surface area contributed by atoms with E-state index in [-0.39, 0.29) is 29.8 Å². The van der Waals surface area contributed by atoms with Crippen LogP contribution in [0.25, 0.3) is 0 Å². The lowest BCUT2D eigenvalue weighted by atomic mass is 9.77. The van der Waals surface area contributed by atoms with Gasteiger partial charge in [0.25, 0.3) is 0 Å². The molecule has 0 aromatic heterocycles. The maximum absolute atomic E-state index is 12.8. The molecule has 1 aliphatic carbocycles. The maximum atomic E-state index is 12.8. The van der Waals surface area contributed by atoms with E-state index >= 15 is 0 Å². The molecule has 0 radical (unpaired) electrons. The fraction of sp³-hybridized carbons (Fsp3) is 0.600. The molecule has 1 aromatic rings. The fourth-order valence-corrected chi connectivity index (χ4v) is 3.94. The van der Waals surface area contributed by atoms with E-state index in [2.05, 4.69) is 18.3 Å². The van der Waals surface area contributed by atoms with Crippen LogP contribution in [0.5, 0.6) is 5.75 Å². The molecule has 1 saturated heterocycles. The van der Waals surface area contributed by atoms with Crippen LogP contribution in [0.3, 0.4) is 0 Å². The molecule has 5 nitrogen and oxygen atoms in total. The number of ether oxygens (including phenoxy) is 1. The van der Waals surface area contributed by atoms with Crippen molar-refractivity contribution < 1.29 is 14.3 Å². The lowest BCUT2D eigenvalue weighted by Gasteiger charge is -2.42. The molecular formula is C20H28N2O3. The lowest BCUT2D eigenvalue weighted by molar-refractivity contribution is -0.150. The molecule has 5 heteroatoms. The lowest BCUT2D eigenvalue weighted by Crippen LogP contribution is -2.59. The number of likely N-dealkylation sites (tertiary alicyclic amines) is 1.